The molecule has 0 amide bonds. The number of aldehydes is 1. The summed E-state index contributed by atoms with van der Waals surface area (Å²) in [4.78, 5) is 38.6. The molecule has 0 heterocycles. The quantitative estimate of drug-likeness (QED) is 0.171. The van der Waals surface area contributed by atoms with Crippen LogP contribution in [0.2, 0.25) is 0 Å². The minimum absolute atomic E-state index is 0.0258. The highest BCUT2D eigenvalue weighted by atomic mass is 16.4. The molecule has 1 unspecified atom stereocenters. The van der Waals surface area contributed by atoms with Gasteiger partial charge in [-0.05, 0) is 6.92 Å². The van der Waals surface area contributed by atoms with Crippen molar-refractivity contribution in [2.75, 3.05) is 6.61 Å². The van der Waals surface area contributed by atoms with Crippen molar-refractivity contribution in [1.82, 2.24) is 0 Å². The van der Waals surface area contributed by atoms with Gasteiger partial charge >= 0.3 is 17.9 Å². The summed E-state index contributed by atoms with van der Waals surface area (Å²) in [6, 6.07) is 0. The smallest absolute Gasteiger partial charge is 0.332 e. The second-order valence-corrected chi connectivity index (χ2v) is 4.66. The van der Waals surface area contributed by atoms with E-state index in [1.807, 2.05) is 0 Å². The average molecular weight is 388 g/mol. The summed E-state index contributed by atoms with van der Waals surface area (Å²) in [5, 5.41) is 75.1. The van der Waals surface area contributed by atoms with Gasteiger partial charge in [-0.15, -0.1) is 0 Å². The van der Waals surface area contributed by atoms with E-state index in [1.54, 1.807) is 0 Å². The first kappa shape index (κ1) is 28.6. The second kappa shape index (κ2) is 16.3. The van der Waals surface area contributed by atoms with Crippen LogP contribution >= 0.6 is 0 Å². The van der Waals surface area contributed by atoms with Crippen LogP contribution in [-0.4, -0.2) is 107 Å². The van der Waals surface area contributed by atoms with E-state index in [9.17, 15) is 19.2 Å². The molecular weight excluding hydrogens is 364 g/mol. The van der Waals surface area contributed by atoms with Crippen molar-refractivity contribution < 1.29 is 65.1 Å². The summed E-state index contributed by atoms with van der Waals surface area (Å²) in [5.41, 5.74) is 0. The second-order valence-electron chi connectivity index (χ2n) is 4.66. The number of hydrogen-bond acceptors (Lipinski definition) is 10. The number of rotatable bonds is 9. The van der Waals surface area contributed by atoms with Crippen molar-refractivity contribution in [2.45, 2.75) is 50.3 Å². The van der Waals surface area contributed by atoms with Gasteiger partial charge in [0, 0.05) is 0 Å². The molecule has 0 saturated carbocycles. The van der Waals surface area contributed by atoms with Crippen LogP contribution in [0.25, 0.3) is 0 Å². The highest BCUT2D eigenvalue weighted by Gasteiger charge is 2.29. The Morgan fingerprint density at radius 1 is 0.846 bits per heavy atom. The van der Waals surface area contributed by atoms with Crippen LogP contribution in [0.15, 0.2) is 0 Å². The van der Waals surface area contributed by atoms with Crippen molar-refractivity contribution in [1.29, 1.82) is 0 Å². The van der Waals surface area contributed by atoms with Crippen molar-refractivity contribution in [2.24, 2.45) is 0 Å². The van der Waals surface area contributed by atoms with Gasteiger partial charge in [0.2, 0.25) is 0 Å². The first-order valence-electron chi connectivity index (χ1n) is 6.94. The molecule has 0 bridgehead atoms. The molecule has 0 aromatic carbocycles. The van der Waals surface area contributed by atoms with Crippen molar-refractivity contribution in [3.8, 4) is 0 Å². The molecule has 0 aliphatic heterocycles. The van der Waals surface area contributed by atoms with Crippen molar-refractivity contribution in [3.05, 3.63) is 0 Å². The van der Waals surface area contributed by atoms with E-state index in [0.29, 0.717) is 0 Å². The van der Waals surface area contributed by atoms with Gasteiger partial charge in [0.05, 0.1) is 19.4 Å². The Bertz CT molecular complexity index is 408. The molecule has 0 aromatic heterocycles. The number of carbonyl (C=O) groups is 4. The van der Waals surface area contributed by atoms with Gasteiger partial charge in [0.25, 0.3) is 0 Å². The van der Waals surface area contributed by atoms with Gasteiger partial charge in [0.1, 0.15) is 30.5 Å². The third-order valence-corrected chi connectivity index (χ3v) is 2.33. The van der Waals surface area contributed by atoms with Crippen LogP contribution in [0.5, 0.6) is 0 Å². The van der Waals surface area contributed by atoms with Gasteiger partial charge in [0.15, 0.2) is 6.29 Å². The number of carboxylic acid groups (broad SMARTS) is 3. The monoisotopic (exact) mass is 388 g/mol. The maximum absolute atomic E-state index is 9.90. The average Bonchev–Trinajstić information content (AvgIpc) is 2.58. The Hall–Kier alpha value is -2.16. The maximum Gasteiger partial charge on any atom is 0.332 e. The third kappa shape index (κ3) is 18.2. The summed E-state index contributed by atoms with van der Waals surface area (Å²) >= 11 is 0. The van der Waals surface area contributed by atoms with Gasteiger partial charge < -0.3 is 50.8 Å². The van der Waals surface area contributed by atoms with E-state index >= 15 is 0 Å². The fraction of sp³-hybridized carbons (Fsp3) is 0.692. The molecule has 154 valence electrons. The highest BCUT2D eigenvalue weighted by Crippen LogP contribution is 2.02. The summed E-state index contributed by atoms with van der Waals surface area (Å²) < 4.78 is 0. The predicted octanol–water partition coefficient (Wildman–Crippen LogP) is -3.99. The lowest BCUT2D eigenvalue weighted by molar-refractivity contribution is -0.145. The Balaban J connectivity index is -0.000000328. The highest BCUT2D eigenvalue weighted by molar-refractivity contribution is 5.75. The lowest BCUT2D eigenvalue weighted by Crippen LogP contribution is -2.46. The van der Waals surface area contributed by atoms with Crippen LogP contribution < -0.4 is 0 Å². The predicted molar refractivity (Wildman–Crippen MR) is 81.0 cm³/mol. The topological polar surface area (TPSA) is 250 Å². The zero-order chi connectivity index (χ0) is 21.4. The zero-order valence-corrected chi connectivity index (χ0v) is 13.7. The fourth-order valence-electron chi connectivity index (χ4n) is 0.832. The van der Waals surface area contributed by atoms with E-state index in [2.05, 4.69) is 0 Å². The van der Waals surface area contributed by atoms with Crippen LogP contribution in [0.1, 0.15) is 19.8 Å². The molecule has 13 heteroatoms. The molecule has 9 N–H and O–H groups in total. The molecule has 0 saturated heterocycles. The number of aliphatic hydroxyl groups is 6. The van der Waals surface area contributed by atoms with Crippen molar-refractivity contribution >= 4 is 24.2 Å². The molecule has 0 radical (unpaired) electrons. The van der Waals surface area contributed by atoms with E-state index in [4.69, 9.17) is 46.0 Å². The van der Waals surface area contributed by atoms with Gasteiger partial charge in [-0.1, -0.05) is 0 Å². The first-order chi connectivity index (χ1) is 11.8. The summed E-state index contributed by atoms with van der Waals surface area (Å²) in [6.45, 7) is 0.437. The Morgan fingerprint density at radius 2 is 1.19 bits per heavy atom. The summed E-state index contributed by atoms with van der Waals surface area (Å²) in [7, 11) is 0. The SMILES string of the molecule is CC(O)C(=O)O.O=C(O)CCC(=O)O.O=C[C@H](O)[C@@H](O)[C@H](O)[C@H](O)CO. The molecule has 0 rings (SSSR count). The molecule has 5 atom stereocenters. The normalized spacial score (nSPS) is 15.5. The van der Waals surface area contributed by atoms with Crippen LogP contribution in [-0.2, 0) is 19.2 Å². The van der Waals surface area contributed by atoms with E-state index in [0.717, 1.165) is 0 Å². The standard InChI is InChI=1S/C6H12O6.C4H6O4.C3H6O3/c7-1-3(9)5(11)6(12)4(10)2-8;5-3(6)1-2-4(7)8;1-2(4)3(5)6/h1,3-6,8-12H,2H2;1-2H2,(H,5,6)(H,7,8);2,4H,1H3,(H,5,6)/t3-,4+,5+,6+;;/m0../s1. The Morgan fingerprint density at radius 3 is 1.38 bits per heavy atom. The van der Waals surface area contributed by atoms with E-state index in [1.165, 1.54) is 6.92 Å². The van der Waals surface area contributed by atoms with Gasteiger partial charge in [-0.2, -0.15) is 0 Å². The maximum atomic E-state index is 9.90. The molecule has 13 nitrogen and oxygen atoms in total. The number of carboxylic acids is 3. The van der Waals surface area contributed by atoms with Crippen LogP contribution in [0.3, 0.4) is 0 Å². The molecule has 26 heavy (non-hydrogen) atoms. The number of aliphatic carboxylic acids is 3. The third-order valence-electron chi connectivity index (χ3n) is 2.33. The largest absolute Gasteiger partial charge is 0.481 e. The summed E-state index contributed by atoms with van der Waals surface area (Å²) in [5.74, 6) is -3.34. The minimum atomic E-state index is -1.79. The van der Waals surface area contributed by atoms with Crippen molar-refractivity contribution in [3.63, 3.8) is 0 Å². The molecule has 0 spiro atoms. The lowest BCUT2D eigenvalue weighted by Gasteiger charge is -2.22. The number of hydrogen-bond donors (Lipinski definition) is 9. The fourth-order valence-corrected chi connectivity index (χ4v) is 0.832. The van der Waals surface area contributed by atoms with Crippen LogP contribution in [0.4, 0.5) is 0 Å². The zero-order valence-electron chi connectivity index (χ0n) is 13.7. The Kier molecular flexibility index (Phi) is 18.0. The molecule has 0 fully saturated rings. The van der Waals surface area contributed by atoms with E-state index in [-0.39, 0.29) is 19.1 Å². The molecule has 0 aliphatic carbocycles. The number of carbonyl (C=O) groups excluding carboxylic acids is 1. The molecule has 0 aliphatic rings. The van der Waals surface area contributed by atoms with Gasteiger partial charge in [-0.3, -0.25) is 9.59 Å². The first-order valence-corrected chi connectivity index (χ1v) is 6.94. The van der Waals surface area contributed by atoms with Crippen LogP contribution in [0, 0.1) is 0 Å². The molecule has 0 aromatic rings. The number of aliphatic hydroxyl groups excluding tert-OH is 6. The van der Waals surface area contributed by atoms with E-state index < -0.39 is 55.0 Å². The lowest BCUT2D eigenvalue weighted by atomic mass is 10.0. The minimum Gasteiger partial charge on any atom is -0.481 e. The Labute approximate surface area is 147 Å². The van der Waals surface area contributed by atoms with Gasteiger partial charge in [-0.25, -0.2) is 4.79 Å². The molecular formula is C13H24O13. The summed E-state index contributed by atoms with van der Waals surface area (Å²) in [6.07, 6.45) is -8.66.